The minimum atomic E-state index is -0.996. The minimum absolute atomic E-state index is 0.185. The van der Waals surface area contributed by atoms with Gasteiger partial charge in [0, 0.05) is 18.3 Å². The van der Waals surface area contributed by atoms with E-state index in [-0.39, 0.29) is 5.56 Å². The quantitative estimate of drug-likeness (QED) is 0.547. The average Bonchev–Trinajstić information content (AvgIpc) is 2.68. The number of para-hydroxylation sites is 2. The molecule has 3 aromatic rings. The Balaban J connectivity index is 1.71. The highest BCUT2D eigenvalue weighted by Crippen LogP contribution is 2.21. The number of rotatable bonds is 8. The van der Waals surface area contributed by atoms with Gasteiger partial charge in [-0.2, -0.15) is 4.98 Å². The van der Waals surface area contributed by atoms with Crippen LogP contribution < -0.4 is 15.4 Å². The molecule has 0 amide bonds. The summed E-state index contributed by atoms with van der Waals surface area (Å²) in [4.78, 5) is 20.2. The molecule has 0 aliphatic heterocycles. The number of nitrogens with zero attached hydrogens (tertiary/aromatic N) is 2. The molecule has 3 N–H and O–H groups in total. The predicted octanol–water partition coefficient (Wildman–Crippen LogP) is 3.89. The first-order valence-corrected chi connectivity index (χ1v) is 8.87. The first-order chi connectivity index (χ1) is 13.6. The normalized spacial score (nSPS) is 10.4. The molecule has 0 saturated carbocycles. The maximum Gasteiger partial charge on any atom is 0.337 e. The van der Waals surface area contributed by atoms with Gasteiger partial charge in [0.05, 0.1) is 18.4 Å². The second kappa shape index (κ2) is 8.85. The van der Waals surface area contributed by atoms with E-state index in [9.17, 15) is 9.90 Å². The fourth-order valence-electron chi connectivity index (χ4n) is 2.85. The number of aryl methyl sites for hydroxylation is 1. The molecule has 144 valence electrons. The standard InChI is InChI=1S/C21H22N4O3/c1-14-13-19(24-17-9-5-4-8-16(17)20(26)27)25-21(23-14)22-12-11-15-7-3-6-10-18(15)28-2/h3-10,13H,11-12H2,1-2H3,(H,26,27)(H2,22,23,24,25). The first-order valence-electron chi connectivity index (χ1n) is 8.87. The van der Waals surface area contributed by atoms with Crippen molar-refractivity contribution in [1.29, 1.82) is 0 Å². The van der Waals surface area contributed by atoms with Crippen LogP contribution in [0, 0.1) is 6.92 Å². The summed E-state index contributed by atoms with van der Waals surface area (Å²) in [6, 6.07) is 16.3. The Bertz CT molecular complexity index is 975. The lowest BCUT2D eigenvalue weighted by Crippen LogP contribution is -2.10. The SMILES string of the molecule is COc1ccccc1CCNc1nc(C)cc(Nc2ccccc2C(=O)O)n1. The number of hydrogen-bond donors (Lipinski definition) is 3. The molecule has 0 unspecified atom stereocenters. The second-order valence-electron chi connectivity index (χ2n) is 6.18. The summed E-state index contributed by atoms with van der Waals surface area (Å²) in [5, 5.41) is 15.6. The van der Waals surface area contributed by atoms with Gasteiger partial charge in [-0.05, 0) is 37.1 Å². The van der Waals surface area contributed by atoms with Crippen molar-refractivity contribution in [1.82, 2.24) is 9.97 Å². The molecule has 7 nitrogen and oxygen atoms in total. The van der Waals surface area contributed by atoms with Crippen molar-refractivity contribution in [2.24, 2.45) is 0 Å². The van der Waals surface area contributed by atoms with Crippen LogP contribution in [0.2, 0.25) is 0 Å². The highest BCUT2D eigenvalue weighted by Gasteiger charge is 2.11. The summed E-state index contributed by atoms with van der Waals surface area (Å²) < 4.78 is 5.37. The number of aromatic carboxylic acids is 1. The summed E-state index contributed by atoms with van der Waals surface area (Å²) in [6.07, 6.45) is 0.756. The number of methoxy groups -OCH3 is 1. The fraction of sp³-hybridized carbons (Fsp3) is 0.190. The summed E-state index contributed by atoms with van der Waals surface area (Å²) in [5.41, 5.74) is 2.53. The van der Waals surface area contributed by atoms with Crippen molar-refractivity contribution >= 4 is 23.4 Å². The van der Waals surface area contributed by atoms with Crippen LogP contribution in [0.25, 0.3) is 0 Å². The lowest BCUT2D eigenvalue weighted by molar-refractivity contribution is 0.0698. The van der Waals surface area contributed by atoms with Gasteiger partial charge < -0.3 is 20.5 Å². The molecule has 0 saturated heterocycles. The van der Waals surface area contributed by atoms with Crippen molar-refractivity contribution < 1.29 is 14.6 Å². The van der Waals surface area contributed by atoms with Gasteiger partial charge in [0.15, 0.2) is 0 Å². The Morgan fingerprint density at radius 3 is 2.64 bits per heavy atom. The lowest BCUT2D eigenvalue weighted by Gasteiger charge is -2.12. The van der Waals surface area contributed by atoms with Gasteiger partial charge in [-0.3, -0.25) is 0 Å². The number of carbonyl (C=O) groups is 1. The van der Waals surface area contributed by atoms with Crippen LogP contribution in [0.3, 0.4) is 0 Å². The maximum absolute atomic E-state index is 11.4. The topological polar surface area (TPSA) is 96.4 Å². The molecule has 1 heterocycles. The van der Waals surface area contributed by atoms with Gasteiger partial charge >= 0.3 is 5.97 Å². The largest absolute Gasteiger partial charge is 0.496 e. The molecule has 28 heavy (non-hydrogen) atoms. The number of aromatic nitrogens is 2. The zero-order chi connectivity index (χ0) is 19.9. The smallest absolute Gasteiger partial charge is 0.337 e. The molecule has 2 aromatic carbocycles. The summed E-state index contributed by atoms with van der Waals surface area (Å²) in [5.74, 6) is 0.859. The third kappa shape index (κ3) is 4.76. The number of benzene rings is 2. The van der Waals surface area contributed by atoms with Crippen LogP contribution in [0.15, 0.2) is 54.6 Å². The lowest BCUT2D eigenvalue weighted by atomic mass is 10.1. The minimum Gasteiger partial charge on any atom is -0.496 e. The van der Waals surface area contributed by atoms with Crippen molar-refractivity contribution in [2.45, 2.75) is 13.3 Å². The van der Waals surface area contributed by atoms with Crippen LogP contribution in [-0.2, 0) is 6.42 Å². The molecule has 0 bridgehead atoms. The van der Waals surface area contributed by atoms with Crippen LogP contribution in [0.4, 0.5) is 17.5 Å². The van der Waals surface area contributed by atoms with Gasteiger partial charge in [-0.1, -0.05) is 30.3 Å². The Hall–Kier alpha value is -3.61. The van der Waals surface area contributed by atoms with Gasteiger partial charge in [0.1, 0.15) is 11.6 Å². The summed E-state index contributed by atoms with van der Waals surface area (Å²) in [7, 11) is 1.66. The maximum atomic E-state index is 11.4. The molecular formula is C21H22N4O3. The van der Waals surface area contributed by atoms with Gasteiger partial charge in [0.2, 0.25) is 5.95 Å². The molecular weight excluding hydrogens is 356 g/mol. The zero-order valence-electron chi connectivity index (χ0n) is 15.8. The molecule has 0 fully saturated rings. The molecule has 1 aromatic heterocycles. The monoisotopic (exact) mass is 378 g/mol. The predicted molar refractivity (Wildman–Crippen MR) is 109 cm³/mol. The Labute approximate surface area is 163 Å². The van der Waals surface area contributed by atoms with Crippen LogP contribution in [0.5, 0.6) is 5.75 Å². The Morgan fingerprint density at radius 2 is 1.86 bits per heavy atom. The van der Waals surface area contributed by atoms with Gasteiger partial charge in [-0.15, -0.1) is 0 Å². The molecule has 0 spiro atoms. The summed E-state index contributed by atoms with van der Waals surface area (Å²) in [6.45, 7) is 2.50. The van der Waals surface area contributed by atoms with E-state index in [0.717, 1.165) is 23.4 Å². The molecule has 7 heteroatoms. The van der Waals surface area contributed by atoms with E-state index in [1.807, 2.05) is 31.2 Å². The second-order valence-corrected chi connectivity index (χ2v) is 6.18. The van der Waals surface area contributed by atoms with Crippen LogP contribution in [-0.4, -0.2) is 34.7 Å². The van der Waals surface area contributed by atoms with E-state index in [2.05, 4.69) is 20.6 Å². The number of hydrogen-bond acceptors (Lipinski definition) is 6. The number of nitrogens with one attached hydrogen (secondary N) is 2. The van der Waals surface area contributed by atoms with Crippen LogP contribution >= 0.6 is 0 Å². The van der Waals surface area contributed by atoms with Crippen LogP contribution in [0.1, 0.15) is 21.6 Å². The van der Waals surface area contributed by atoms with Crippen molar-refractivity contribution in [3.63, 3.8) is 0 Å². The third-order valence-corrected chi connectivity index (χ3v) is 4.14. The zero-order valence-corrected chi connectivity index (χ0v) is 15.8. The Morgan fingerprint density at radius 1 is 1.11 bits per heavy atom. The van der Waals surface area contributed by atoms with Crippen molar-refractivity contribution in [3.05, 3.63) is 71.4 Å². The number of anilines is 3. The average molecular weight is 378 g/mol. The van der Waals surface area contributed by atoms with Gasteiger partial charge in [0.25, 0.3) is 0 Å². The van der Waals surface area contributed by atoms with E-state index in [1.165, 1.54) is 0 Å². The highest BCUT2D eigenvalue weighted by atomic mass is 16.5. The number of ether oxygens (including phenoxy) is 1. The van der Waals surface area contributed by atoms with E-state index in [4.69, 9.17) is 4.74 Å². The number of carboxylic acids is 1. The highest BCUT2D eigenvalue weighted by molar-refractivity contribution is 5.95. The summed E-state index contributed by atoms with van der Waals surface area (Å²) >= 11 is 0. The molecule has 3 rings (SSSR count). The number of carboxylic acid groups (broad SMARTS) is 1. The molecule has 0 aliphatic carbocycles. The van der Waals surface area contributed by atoms with Crippen molar-refractivity contribution in [2.75, 3.05) is 24.3 Å². The van der Waals surface area contributed by atoms with E-state index in [0.29, 0.717) is 24.0 Å². The molecule has 0 aliphatic rings. The van der Waals surface area contributed by atoms with E-state index in [1.54, 1.807) is 37.4 Å². The molecule has 0 radical (unpaired) electrons. The molecule has 0 atom stereocenters. The van der Waals surface area contributed by atoms with E-state index >= 15 is 0 Å². The third-order valence-electron chi connectivity index (χ3n) is 4.14. The Kier molecular flexibility index (Phi) is 6.06. The van der Waals surface area contributed by atoms with Gasteiger partial charge in [-0.25, -0.2) is 9.78 Å². The van der Waals surface area contributed by atoms with Crippen molar-refractivity contribution in [3.8, 4) is 5.75 Å². The van der Waals surface area contributed by atoms with E-state index < -0.39 is 5.97 Å². The fourth-order valence-corrected chi connectivity index (χ4v) is 2.85. The first kappa shape index (κ1) is 19.2.